The SMILES string of the molecule is CC(=O)c1ccc(N2CCN(C(=O)c3cc([N+](=O)[O-])ccc3ON3CCCCC3)CC2)c(F)c1. The molecule has 2 saturated heterocycles. The number of hydrogen-bond donors (Lipinski definition) is 0. The van der Waals surface area contributed by atoms with E-state index in [9.17, 15) is 24.1 Å². The third-order valence-electron chi connectivity index (χ3n) is 6.21. The van der Waals surface area contributed by atoms with Crippen molar-refractivity contribution in [2.24, 2.45) is 0 Å². The van der Waals surface area contributed by atoms with E-state index >= 15 is 0 Å². The molecule has 2 heterocycles. The third-order valence-corrected chi connectivity index (χ3v) is 6.21. The Morgan fingerprint density at radius 2 is 1.68 bits per heavy atom. The maximum atomic E-state index is 14.6. The van der Waals surface area contributed by atoms with Gasteiger partial charge in [0.2, 0.25) is 0 Å². The van der Waals surface area contributed by atoms with E-state index in [1.807, 2.05) is 4.90 Å². The zero-order valence-electron chi connectivity index (χ0n) is 19.0. The average Bonchev–Trinajstić information content (AvgIpc) is 2.84. The number of piperazine rings is 1. The van der Waals surface area contributed by atoms with Gasteiger partial charge in [-0.25, -0.2) is 4.39 Å². The molecular weight excluding hydrogens is 443 g/mol. The Morgan fingerprint density at radius 1 is 0.971 bits per heavy atom. The number of hydrogen-bond acceptors (Lipinski definition) is 7. The van der Waals surface area contributed by atoms with Crippen LogP contribution in [-0.2, 0) is 0 Å². The molecule has 0 radical (unpaired) electrons. The lowest BCUT2D eigenvalue weighted by Gasteiger charge is -2.36. The van der Waals surface area contributed by atoms with Crippen LogP contribution < -0.4 is 9.74 Å². The van der Waals surface area contributed by atoms with Crippen LogP contribution >= 0.6 is 0 Å². The lowest BCUT2D eigenvalue weighted by molar-refractivity contribution is -0.384. The average molecular weight is 471 g/mol. The number of anilines is 1. The number of halogens is 1. The van der Waals surface area contributed by atoms with Crippen LogP contribution in [-0.4, -0.2) is 65.8 Å². The number of carbonyl (C=O) groups excluding carboxylic acids is 2. The summed E-state index contributed by atoms with van der Waals surface area (Å²) in [5.41, 5.74) is 0.648. The number of non-ortho nitro benzene ring substituents is 1. The van der Waals surface area contributed by atoms with Crippen LogP contribution in [0.2, 0.25) is 0 Å². The van der Waals surface area contributed by atoms with E-state index in [4.69, 9.17) is 4.84 Å². The fraction of sp³-hybridized carbons (Fsp3) is 0.417. The van der Waals surface area contributed by atoms with E-state index in [1.165, 1.54) is 31.2 Å². The van der Waals surface area contributed by atoms with E-state index < -0.39 is 10.7 Å². The summed E-state index contributed by atoms with van der Waals surface area (Å²) < 4.78 is 14.6. The molecule has 2 aliphatic heterocycles. The van der Waals surface area contributed by atoms with Gasteiger partial charge in [-0.05, 0) is 44.0 Å². The van der Waals surface area contributed by atoms with E-state index in [2.05, 4.69) is 0 Å². The molecule has 0 spiro atoms. The van der Waals surface area contributed by atoms with Crippen molar-refractivity contribution < 1.29 is 23.7 Å². The molecule has 0 N–H and O–H groups in total. The van der Waals surface area contributed by atoms with Crippen LogP contribution in [0, 0.1) is 15.9 Å². The fourth-order valence-corrected chi connectivity index (χ4v) is 4.28. The normalized spacial score (nSPS) is 16.9. The number of rotatable bonds is 6. The molecule has 2 aliphatic rings. The van der Waals surface area contributed by atoms with E-state index in [0.717, 1.165) is 32.4 Å². The fourth-order valence-electron chi connectivity index (χ4n) is 4.28. The second-order valence-corrected chi connectivity index (χ2v) is 8.52. The topological polar surface area (TPSA) is 96.2 Å². The number of ketones is 1. The number of benzene rings is 2. The summed E-state index contributed by atoms with van der Waals surface area (Å²) in [6, 6.07) is 8.46. The molecule has 9 nitrogen and oxygen atoms in total. The Bertz CT molecular complexity index is 1090. The molecule has 2 aromatic carbocycles. The molecule has 0 bridgehead atoms. The van der Waals surface area contributed by atoms with Gasteiger partial charge in [-0.2, -0.15) is 0 Å². The summed E-state index contributed by atoms with van der Waals surface area (Å²) in [5, 5.41) is 13.1. The minimum atomic E-state index is -0.535. The van der Waals surface area contributed by atoms with Gasteiger partial charge in [0, 0.05) is 57.0 Å². The molecule has 0 atom stereocenters. The summed E-state index contributed by atoms with van der Waals surface area (Å²) in [6.45, 7) is 4.26. The number of nitro benzene ring substituents is 1. The molecular formula is C24H27FN4O5. The number of amides is 1. The summed E-state index contributed by atoms with van der Waals surface area (Å²) in [5.74, 6) is -0.752. The van der Waals surface area contributed by atoms with E-state index in [0.29, 0.717) is 43.2 Å². The Labute approximate surface area is 196 Å². The molecule has 4 rings (SSSR count). The predicted molar refractivity (Wildman–Crippen MR) is 124 cm³/mol. The van der Waals surface area contributed by atoms with Crippen molar-refractivity contribution in [1.29, 1.82) is 0 Å². The van der Waals surface area contributed by atoms with Crippen molar-refractivity contribution in [3.63, 3.8) is 0 Å². The zero-order valence-corrected chi connectivity index (χ0v) is 19.0. The van der Waals surface area contributed by atoms with Gasteiger partial charge in [-0.15, -0.1) is 5.06 Å². The zero-order chi connectivity index (χ0) is 24.2. The molecule has 1 amide bonds. The van der Waals surface area contributed by atoms with Crippen molar-refractivity contribution in [3.8, 4) is 5.75 Å². The lowest BCUT2D eigenvalue weighted by atomic mass is 10.1. The molecule has 34 heavy (non-hydrogen) atoms. The van der Waals surface area contributed by atoms with Crippen molar-refractivity contribution in [1.82, 2.24) is 9.96 Å². The maximum Gasteiger partial charge on any atom is 0.270 e. The Kier molecular flexibility index (Phi) is 7.06. The smallest absolute Gasteiger partial charge is 0.270 e. The number of piperidine rings is 1. The predicted octanol–water partition coefficient (Wildman–Crippen LogP) is 3.68. The van der Waals surface area contributed by atoms with Crippen LogP contribution in [0.4, 0.5) is 15.8 Å². The summed E-state index contributed by atoms with van der Waals surface area (Å²) >= 11 is 0. The highest BCUT2D eigenvalue weighted by Crippen LogP contribution is 2.28. The van der Waals surface area contributed by atoms with Crippen molar-refractivity contribution >= 4 is 23.1 Å². The number of carbonyl (C=O) groups is 2. The first-order valence-electron chi connectivity index (χ1n) is 11.4. The molecule has 0 aliphatic carbocycles. The molecule has 2 fully saturated rings. The van der Waals surface area contributed by atoms with Crippen LogP contribution in [0.5, 0.6) is 5.75 Å². The van der Waals surface area contributed by atoms with Gasteiger partial charge in [0.15, 0.2) is 11.5 Å². The second kappa shape index (κ2) is 10.2. The Morgan fingerprint density at radius 3 is 2.29 bits per heavy atom. The quantitative estimate of drug-likeness (QED) is 0.361. The van der Waals surface area contributed by atoms with Gasteiger partial charge < -0.3 is 14.6 Å². The third kappa shape index (κ3) is 5.17. The minimum Gasteiger partial charge on any atom is -0.405 e. The number of nitro groups is 1. The maximum absolute atomic E-state index is 14.6. The Balaban J connectivity index is 1.49. The highest BCUT2D eigenvalue weighted by molar-refractivity contribution is 5.98. The summed E-state index contributed by atoms with van der Waals surface area (Å²) in [4.78, 5) is 45.0. The van der Waals surface area contributed by atoms with E-state index in [1.54, 1.807) is 22.1 Å². The van der Waals surface area contributed by atoms with Gasteiger partial charge in [-0.1, -0.05) is 6.42 Å². The molecule has 2 aromatic rings. The Hall–Kier alpha value is -3.53. The highest BCUT2D eigenvalue weighted by Gasteiger charge is 2.28. The monoisotopic (exact) mass is 470 g/mol. The van der Waals surface area contributed by atoms with Crippen molar-refractivity contribution in [3.05, 3.63) is 63.5 Å². The van der Waals surface area contributed by atoms with Gasteiger partial charge in [0.05, 0.1) is 16.2 Å². The number of Topliss-reactive ketones (excluding diaryl/α,β-unsaturated/α-hetero) is 1. The first-order valence-corrected chi connectivity index (χ1v) is 11.4. The van der Waals surface area contributed by atoms with Crippen LogP contribution in [0.25, 0.3) is 0 Å². The lowest BCUT2D eigenvalue weighted by Crippen LogP contribution is -2.49. The van der Waals surface area contributed by atoms with Gasteiger partial charge in [0.1, 0.15) is 5.82 Å². The largest absolute Gasteiger partial charge is 0.405 e. The van der Waals surface area contributed by atoms with Crippen molar-refractivity contribution in [2.75, 3.05) is 44.2 Å². The van der Waals surface area contributed by atoms with Crippen molar-refractivity contribution in [2.45, 2.75) is 26.2 Å². The molecule has 10 heteroatoms. The van der Waals surface area contributed by atoms with Gasteiger partial charge in [-0.3, -0.25) is 19.7 Å². The number of nitrogens with zero attached hydrogens (tertiary/aromatic N) is 4. The standard InChI is InChI=1S/C24H27FN4O5/c1-17(30)18-5-7-22(21(25)15-18)26-11-13-27(14-12-26)24(31)20-16-19(29(32)33)6-8-23(20)34-28-9-3-2-4-10-28/h5-8,15-16H,2-4,9-14H2,1H3. The summed E-state index contributed by atoms with van der Waals surface area (Å²) in [7, 11) is 0. The minimum absolute atomic E-state index is 0.144. The van der Waals surface area contributed by atoms with Gasteiger partial charge in [0.25, 0.3) is 11.6 Å². The van der Waals surface area contributed by atoms with Crippen LogP contribution in [0.1, 0.15) is 46.9 Å². The molecule has 0 aromatic heterocycles. The first-order chi connectivity index (χ1) is 16.3. The number of hydroxylamine groups is 2. The second-order valence-electron chi connectivity index (χ2n) is 8.52. The van der Waals surface area contributed by atoms with E-state index in [-0.39, 0.29) is 22.9 Å². The van der Waals surface area contributed by atoms with Crippen LogP contribution in [0.15, 0.2) is 36.4 Å². The molecule has 0 saturated carbocycles. The first kappa shape index (κ1) is 23.6. The molecule has 0 unspecified atom stereocenters. The molecule has 180 valence electrons. The highest BCUT2D eigenvalue weighted by atomic mass is 19.1. The summed E-state index contributed by atoms with van der Waals surface area (Å²) in [6.07, 6.45) is 3.10. The van der Waals surface area contributed by atoms with Gasteiger partial charge >= 0.3 is 0 Å². The van der Waals surface area contributed by atoms with Crippen LogP contribution in [0.3, 0.4) is 0 Å².